The van der Waals surface area contributed by atoms with Crippen LogP contribution in [0.2, 0.25) is 0 Å². The molecule has 0 aromatic heterocycles. The van der Waals surface area contributed by atoms with Crippen LogP contribution in [0.25, 0.3) is 0 Å². The monoisotopic (exact) mass is 522 g/mol. The minimum atomic E-state index is 1.04. The maximum atomic E-state index is 6.65. The zero-order chi connectivity index (χ0) is 20.9. The third kappa shape index (κ3) is 7.75. The number of rotatable bonds is 14. The van der Waals surface area contributed by atoms with Gasteiger partial charge in [-0.3, -0.25) is 0 Å². The molecule has 2 aromatic carbocycles. The highest BCUT2D eigenvalue weighted by atomic mass is 79.9. The molecule has 160 valence electrons. The molecular weight excluding hydrogens is 488 g/mol. The summed E-state index contributed by atoms with van der Waals surface area (Å²) in [6, 6.07) is 13.2. The summed E-state index contributed by atoms with van der Waals surface area (Å²) in [5.41, 5.74) is 5.70. The van der Waals surface area contributed by atoms with Crippen molar-refractivity contribution in [2.45, 2.75) is 78.1 Å². The van der Waals surface area contributed by atoms with E-state index in [1.54, 1.807) is 0 Å². The molecule has 1 nitrogen and oxygen atoms in total. The van der Waals surface area contributed by atoms with Crippen molar-refractivity contribution in [2.24, 2.45) is 0 Å². The molecule has 0 amide bonds. The number of halogens is 2. The van der Waals surface area contributed by atoms with Crippen molar-refractivity contribution in [2.75, 3.05) is 10.7 Å². The zero-order valence-electron chi connectivity index (χ0n) is 18.1. The number of alkyl halides is 2. The second kappa shape index (κ2) is 14.2. The second-order valence-corrected chi connectivity index (χ2v) is 9.27. The Morgan fingerprint density at radius 2 is 1.07 bits per heavy atom. The third-order valence-corrected chi connectivity index (χ3v) is 6.52. The molecule has 2 aromatic rings. The molecule has 0 radical (unpaired) electrons. The number of unbranched alkanes of at least 4 members (excludes halogenated alkanes) is 2. The van der Waals surface area contributed by atoms with Gasteiger partial charge in [0.1, 0.15) is 11.5 Å². The Balaban J connectivity index is 2.38. The molecule has 0 fully saturated rings. The van der Waals surface area contributed by atoms with Gasteiger partial charge in [-0.05, 0) is 85.8 Å². The summed E-state index contributed by atoms with van der Waals surface area (Å²) in [7, 11) is 0. The van der Waals surface area contributed by atoms with E-state index in [2.05, 4.69) is 82.1 Å². The SMILES string of the molecule is CCCCc1c(CCCBr)cccc1Oc1cccc(CCCBr)c1CCCC. The zero-order valence-corrected chi connectivity index (χ0v) is 21.3. The number of hydrogen-bond donors (Lipinski definition) is 0. The summed E-state index contributed by atoms with van der Waals surface area (Å²) >= 11 is 7.17. The predicted octanol–water partition coefficient (Wildman–Crippen LogP) is 8.82. The fourth-order valence-corrected chi connectivity index (χ4v) is 4.35. The minimum absolute atomic E-state index is 1.04. The lowest BCUT2D eigenvalue weighted by atomic mass is 9.96. The normalized spacial score (nSPS) is 11.0. The van der Waals surface area contributed by atoms with Crippen molar-refractivity contribution in [3.05, 3.63) is 58.7 Å². The van der Waals surface area contributed by atoms with Crippen molar-refractivity contribution < 1.29 is 4.74 Å². The van der Waals surface area contributed by atoms with Gasteiger partial charge in [0.25, 0.3) is 0 Å². The lowest BCUT2D eigenvalue weighted by Crippen LogP contribution is -2.03. The van der Waals surface area contributed by atoms with Crippen LogP contribution >= 0.6 is 31.9 Å². The first-order valence-corrected chi connectivity index (χ1v) is 13.5. The lowest BCUT2D eigenvalue weighted by molar-refractivity contribution is 0.465. The third-order valence-electron chi connectivity index (χ3n) is 5.40. The van der Waals surface area contributed by atoms with Gasteiger partial charge in [0, 0.05) is 10.7 Å². The van der Waals surface area contributed by atoms with E-state index in [4.69, 9.17) is 4.74 Å². The quantitative estimate of drug-likeness (QED) is 0.225. The average molecular weight is 524 g/mol. The average Bonchev–Trinajstić information content (AvgIpc) is 2.74. The summed E-state index contributed by atoms with van der Waals surface area (Å²) in [6.07, 6.45) is 11.5. The fraction of sp³-hybridized carbons (Fsp3) is 0.538. The van der Waals surface area contributed by atoms with Crippen LogP contribution in [0.15, 0.2) is 36.4 Å². The van der Waals surface area contributed by atoms with Crippen LogP contribution in [0.5, 0.6) is 11.5 Å². The highest BCUT2D eigenvalue weighted by Gasteiger charge is 2.14. The Bertz CT molecular complexity index is 665. The molecule has 0 saturated heterocycles. The number of aryl methyl sites for hydroxylation is 2. The van der Waals surface area contributed by atoms with Crippen LogP contribution < -0.4 is 4.74 Å². The summed E-state index contributed by atoms with van der Waals surface area (Å²) in [4.78, 5) is 0. The molecule has 0 bridgehead atoms. The molecular formula is C26H36Br2O. The maximum Gasteiger partial charge on any atom is 0.130 e. The smallest absolute Gasteiger partial charge is 0.130 e. The van der Waals surface area contributed by atoms with E-state index in [1.165, 1.54) is 47.9 Å². The molecule has 0 spiro atoms. The van der Waals surface area contributed by atoms with E-state index in [1.807, 2.05) is 0 Å². The largest absolute Gasteiger partial charge is 0.457 e. The highest BCUT2D eigenvalue weighted by molar-refractivity contribution is 9.09. The number of benzene rings is 2. The summed E-state index contributed by atoms with van der Waals surface area (Å²) < 4.78 is 6.65. The van der Waals surface area contributed by atoms with Crippen molar-refractivity contribution in [1.82, 2.24) is 0 Å². The standard InChI is InChI=1S/C26H36Br2O/c1-3-5-15-23-21(13-9-19-27)11-7-17-25(23)29-26-18-8-12-22(14-10-20-28)24(26)16-6-4-2/h7-8,11-12,17-18H,3-6,9-10,13-16,19-20H2,1-2H3. The maximum absolute atomic E-state index is 6.65. The van der Waals surface area contributed by atoms with Crippen molar-refractivity contribution >= 4 is 31.9 Å². The first-order chi connectivity index (χ1) is 14.2. The van der Waals surface area contributed by atoms with Gasteiger partial charge in [0.2, 0.25) is 0 Å². The van der Waals surface area contributed by atoms with Crippen LogP contribution in [0.1, 0.15) is 74.6 Å². The van der Waals surface area contributed by atoms with Gasteiger partial charge in [-0.2, -0.15) is 0 Å². The first-order valence-electron chi connectivity index (χ1n) is 11.3. The van der Waals surface area contributed by atoms with Gasteiger partial charge in [-0.1, -0.05) is 82.8 Å². The number of hydrogen-bond acceptors (Lipinski definition) is 1. The van der Waals surface area contributed by atoms with E-state index in [0.717, 1.165) is 60.7 Å². The number of ether oxygens (including phenoxy) is 1. The van der Waals surface area contributed by atoms with Crippen LogP contribution in [-0.4, -0.2) is 10.7 Å². The summed E-state index contributed by atoms with van der Waals surface area (Å²) in [6.45, 7) is 4.52. The highest BCUT2D eigenvalue weighted by Crippen LogP contribution is 2.34. The summed E-state index contributed by atoms with van der Waals surface area (Å²) in [5, 5.41) is 2.09. The van der Waals surface area contributed by atoms with Gasteiger partial charge >= 0.3 is 0 Å². The minimum Gasteiger partial charge on any atom is -0.457 e. The van der Waals surface area contributed by atoms with E-state index >= 15 is 0 Å². The first kappa shape index (κ1) is 24.5. The topological polar surface area (TPSA) is 9.23 Å². The van der Waals surface area contributed by atoms with Gasteiger partial charge in [-0.15, -0.1) is 0 Å². The lowest BCUT2D eigenvalue weighted by Gasteiger charge is -2.19. The molecule has 0 unspecified atom stereocenters. The van der Waals surface area contributed by atoms with Gasteiger partial charge in [0.15, 0.2) is 0 Å². The van der Waals surface area contributed by atoms with E-state index in [9.17, 15) is 0 Å². The second-order valence-electron chi connectivity index (χ2n) is 7.68. The van der Waals surface area contributed by atoms with Gasteiger partial charge in [-0.25, -0.2) is 0 Å². The van der Waals surface area contributed by atoms with Crippen molar-refractivity contribution in [1.29, 1.82) is 0 Å². The molecule has 0 N–H and O–H groups in total. The van der Waals surface area contributed by atoms with Crippen LogP contribution in [0.4, 0.5) is 0 Å². The Labute approximate surface area is 194 Å². The fourth-order valence-electron chi connectivity index (χ4n) is 3.79. The molecule has 3 heteroatoms. The van der Waals surface area contributed by atoms with Crippen LogP contribution in [-0.2, 0) is 25.7 Å². The van der Waals surface area contributed by atoms with E-state index < -0.39 is 0 Å². The van der Waals surface area contributed by atoms with Gasteiger partial charge in [0.05, 0.1) is 0 Å². The molecule has 0 aliphatic heterocycles. The predicted molar refractivity (Wildman–Crippen MR) is 134 cm³/mol. The molecule has 0 aliphatic carbocycles. The van der Waals surface area contributed by atoms with E-state index in [0.29, 0.717) is 0 Å². The molecule has 0 heterocycles. The Hall–Kier alpha value is -0.800. The molecule has 0 saturated carbocycles. The van der Waals surface area contributed by atoms with Crippen LogP contribution in [0, 0.1) is 0 Å². The van der Waals surface area contributed by atoms with Crippen molar-refractivity contribution in [3.8, 4) is 11.5 Å². The summed E-state index contributed by atoms with van der Waals surface area (Å²) in [5.74, 6) is 2.11. The Morgan fingerprint density at radius 3 is 1.45 bits per heavy atom. The Morgan fingerprint density at radius 1 is 0.621 bits per heavy atom. The Kier molecular flexibility index (Phi) is 12.0. The van der Waals surface area contributed by atoms with Crippen molar-refractivity contribution in [3.63, 3.8) is 0 Å². The van der Waals surface area contributed by atoms with Crippen LogP contribution in [0.3, 0.4) is 0 Å². The molecule has 2 rings (SSSR count). The molecule has 29 heavy (non-hydrogen) atoms. The molecule has 0 aliphatic rings. The molecule has 0 atom stereocenters. The van der Waals surface area contributed by atoms with Gasteiger partial charge < -0.3 is 4.74 Å². The van der Waals surface area contributed by atoms with E-state index in [-0.39, 0.29) is 0 Å².